The van der Waals surface area contributed by atoms with Crippen LogP contribution in [-0.4, -0.2) is 12.5 Å². The molecule has 2 rings (SSSR count). The zero-order chi connectivity index (χ0) is 15.4. The van der Waals surface area contributed by atoms with E-state index < -0.39 is 0 Å². The van der Waals surface area contributed by atoms with Gasteiger partial charge in [-0.3, -0.25) is 4.79 Å². The molecule has 2 aromatic carbocycles. The molecular formula is C16H18ClN3O. The van der Waals surface area contributed by atoms with Gasteiger partial charge in [0, 0.05) is 22.8 Å². The summed E-state index contributed by atoms with van der Waals surface area (Å²) in [5.74, 6) is -0.130. The number of amides is 1. The number of rotatable bonds is 4. The third-order valence-electron chi connectivity index (χ3n) is 3.12. The summed E-state index contributed by atoms with van der Waals surface area (Å²) in [6, 6.07) is 10.8. The third-order valence-corrected chi connectivity index (χ3v) is 3.36. The predicted octanol–water partition coefficient (Wildman–Crippen LogP) is 3.72. The van der Waals surface area contributed by atoms with Crippen molar-refractivity contribution in [2.45, 2.75) is 13.8 Å². The van der Waals surface area contributed by atoms with E-state index in [-0.39, 0.29) is 5.91 Å². The molecular weight excluding hydrogens is 286 g/mol. The first kappa shape index (κ1) is 15.2. The van der Waals surface area contributed by atoms with Gasteiger partial charge in [0.05, 0.1) is 11.4 Å². The number of aryl methyl sites for hydroxylation is 1. The molecule has 0 aliphatic rings. The van der Waals surface area contributed by atoms with Gasteiger partial charge in [-0.25, -0.2) is 0 Å². The number of nitrogens with two attached hydrogens (primary N) is 1. The van der Waals surface area contributed by atoms with Gasteiger partial charge < -0.3 is 16.4 Å². The maximum absolute atomic E-state index is 11.8. The van der Waals surface area contributed by atoms with Crippen molar-refractivity contribution in [2.24, 2.45) is 0 Å². The molecule has 0 unspecified atom stereocenters. The summed E-state index contributed by atoms with van der Waals surface area (Å²) in [6.07, 6.45) is 0. The number of nitrogen functional groups attached to an aromatic ring is 1. The SMILES string of the molecule is CCNC(=O)c1ccc(Nc2cc(Cl)ccc2C)c(N)c1. The van der Waals surface area contributed by atoms with Gasteiger partial charge in [-0.15, -0.1) is 0 Å². The molecule has 0 radical (unpaired) electrons. The lowest BCUT2D eigenvalue weighted by Gasteiger charge is -2.13. The Morgan fingerprint density at radius 3 is 2.62 bits per heavy atom. The number of carbonyl (C=O) groups is 1. The van der Waals surface area contributed by atoms with Crippen LogP contribution in [0, 0.1) is 6.92 Å². The van der Waals surface area contributed by atoms with Crippen LogP contribution in [0.25, 0.3) is 0 Å². The first-order valence-electron chi connectivity index (χ1n) is 6.72. The number of anilines is 3. The van der Waals surface area contributed by atoms with Gasteiger partial charge in [0.2, 0.25) is 0 Å². The van der Waals surface area contributed by atoms with Crippen LogP contribution >= 0.6 is 11.6 Å². The molecule has 0 bridgehead atoms. The van der Waals surface area contributed by atoms with Crippen molar-refractivity contribution in [1.82, 2.24) is 5.32 Å². The van der Waals surface area contributed by atoms with Crippen molar-refractivity contribution in [1.29, 1.82) is 0 Å². The molecule has 0 saturated carbocycles. The van der Waals surface area contributed by atoms with Crippen LogP contribution in [0.15, 0.2) is 36.4 Å². The summed E-state index contributed by atoms with van der Waals surface area (Å²) >= 11 is 6.00. The molecule has 4 N–H and O–H groups in total. The highest BCUT2D eigenvalue weighted by Gasteiger charge is 2.08. The van der Waals surface area contributed by atoms with Crippen LogP contribution in [0.2, 0.25) is 5.02 Å². The largest absolute Gasteiger partial charge is 0.397 e. The minimum atomic E-state index is -0.130. The molecule has 0 aliphatic carbocycles. The topological polar surface area (TPSA) is 67.2 Å². The molecule has 0 aromatic heterocycles. The Kier molecular flexibility index (Phi) is 4.70. The van der Waals surface area contributed by atoms with Gasteiger partial charge in [-0.05, 0) is 49.7 Å². The van der Waals surface area contributed by atoms with Crippen molar-refractivity contribution in [3.63, 3.8) is 0 Å². The monoisotopic (exact) mass is 303 g/mol. The van der Waals surface area contributed by atoms with E-state index in [9.17, 15) is 4.79 Å². The second kappa shape index (κ2) is 6.50. The smallest absolute Gasteiger partial charge is 0.251 e. The van der Waals surface area contributed by atoms with E-state index in [4.69, 9.17) is 17.3 Å². The van der Waals surface area contributed by atoms with E-state index in [0.29, 0.717) is 22.8 Å². The molecule has 0 spiro atoms. The van der Waals surface area contributed by atoms with Gasteiger partial charge in [0.25, 0.3) is 5.91 Å². The average molecular weight is 304 g/mol. The minimum Gasteiger partial charge on any atom is -0.397 e. The van der Waals surface area contributed by atoms with Crippen LogP contribution in [-0.2, 0) is 0 Å². The molecule has 110 valence electrons. The molecule has 5 heteroatoms. The Morgan fingerprint density at radius 2 is 1.95 bits per heavy atom. The summed E-state index contributed by atoms with van der Waals surface area (Å²) in [5, 5.41) is 6.63. The normalized spacial score (nSPS) is 10.2. The minimum absolute atomic E-state index is 0.130. The predicted molar refractivity (Wildman–Crippen MR) is 88.3 cm³/mol. The number of benzene rings is 2. The summed E-state index contributed by atoms with van der Waals surface area (Å²) in [4.78, 5) is 11.8. The maximum Gasteiger partial charge on any atom is 0.251 e. The molecule has 21 heavy (non-hydrogen) atoms. The second-order valence-electron chi connectivity index (χ2n) is 4.75. The van der Waals surface area contributed by atoms with E-state index in [1.54, 1.807) is 18.2 Å². The number of hydrogen-bond donors (Lipinski definition) is 3. The van der Waals surface area contributed by atoms with Gasteiger partial charge in [-0.2, -0.15) is 0 Å². The third kappa shape index (κ3) is 3.67. The first-order chi connectivity index (χ1) is 10.0. The van der Waals surface area contributed by atoms with Gasteiger partial charge >= 0.3 is 0 Å². The summed E-state index contributed by atoms with van der Waals surface area (Å²) < 4.78 is 0. The highest BCUT2D eigenvalue weighted by molar-refractivity contribution is 6.30. The molecule has 0 saturated heterocycles. The maximum atomic E-state index is 11.8. The van der Waals surface area contributed by atoms with Crippen molar-refractivity contribution in [2.75, 3.05) is 17.6 Å². The summed E-state index contributed by atoms with van der Waals surface area (Å²) in [5.41, 5.74) is 9.77. The van der Waals surface area contributed by atoms with Crippen molar-refractivity contribution >= 4 is 34.6 Å². The zero-order valence-electron chi connectivity index (χ0n) is 12.0. The fourth-order valence-electron chi connectivity index (χ4n) is 1.95. The standard InChI is InChI=1S/C16H18ClN3O/c1-3-19-16(21)11-5-7-14(13(18)8-11)20-15-9-12(17)6-4-10(15)2/h4-9,20H,3,18H2,1-2H3,(H,19,21). The Bertz CT molecular complexity index is 671. The molecule has 0 atom stereocenters. The van der Waals surface area contributed by atoms with E-state index >= 15 is 0 Å². The Labute approximate surface area is 129 Å². The molecule has 0 fully saturated rings. The van der Waals surface area contributed by atoms with Crippen LogP contribution in [0.3, 0.4) is 0 Å². The van der Waals surface area contributed by atoms with Crippen LogP contribution in [0.1, 0.15) is 22.8 Å². The average Bonchev–Trinajstić information content (AvgIpc) is 2.45. The van der Waals surface area contributed by atoms with Gasteiger partial charge in [0.15, 0.2) is 0 Å². The lowest BCUT2D eigenvalue weighted by Crippen LogP contribution is -2.22. The zero-order valence-corrected chi connectivity index (χ0v) is 12.8. The van der Waals surface area contributed by atoms with Crippen LogP contribution in [0.5, 0.6) is 0 Å². The fourth-order valence-corrected chi connectivity index (χ4v) is 2.13. The second-order valence-corrected chi connectivity index (χ2v) is 5.18. The molecule has 0 heterocycles. The molecule has 4 nitrogen and oxygen atoms in total. The quantitative estimate of drug-likeness (QED) is 0.754. The van der Waals surface area contributed by atoms with Crippen LogP contribution < -0.4 is 16.4 Å². The van der Waals surface area contributed by atoms with Crippen molar-refractivity contribution in [3.8, 4) is 0 Å². The first-order valence-corrected chi connectivity index (χ1v) is 7.10. The number of halogens is 1. The van der Waals surface area contributed by atoms with E-state index in [1.807, 2.05) is 32.0 Å². The van der Waals surface area contributed by atoms with Crippen molar-refractivity contribution in [3.05, 3.63) is 52.5 Å². The van der Waals surface area contributed by atoms with Gasteiger partial charge in [0.1, 0.15) is 0 Å². The van der Waals surface area contributed by atoms with E-state index in [2.05, 4.69) is 10.6 Å². The number of hydrogen-bond acceptors (Lipinski definition) is 3. The highest BCUT2D eigenvalue weighted by atomic mass is 35.5. The Hall–Kier alpha value is -2.20. The molecule has 1 amide bonds. The molecule has 2 aromatic rings. The van der Waals surface area contributed by atoms with Crippen molar-refractivity contribution < 1.29 is 4.79 Å². The van der Waals surface area contributed by atoms with E-state index in [0.717, 1.165) is 16.9 Å². The number of nitrogens with one attached hydrogen (secondary N) is 2. The number of carbonyl (C=O) groups excluding carboxylic acids is 1. The Morgan fingerprint density at radius 1 is 1.19 bits per heavy atom. The lowest BCUT2D eigenvalue weighted by atomic mass is 10.1. The molecule has 0 aliphatic heterocycles. The van der Waals surface area contributed by atoms with Crippen LogP contribution in [0.4, 0.5) is 17.1 Å². The van der Waals surface area contributed by atoms with E-state index in [1.165, 1.54) is 0 Å². The summed E-state index contributed by atoms with van der Waals surface area (Å²) in [7, 11) is 0. The van der Waals surface area contributed by atoms with Gasteiger partial charge in [-0.1, -0.05) is 17.7 Å². The highest BCUT2D eigenvalue weighted by Crippen LogP contribution is 2.28. The lowest BCUT2D eigenvalue weighted by molar-refractivity contribution is 0.0956. The fraction of sp³-hybridized carbons (Fsp3) is 0.188. The summed E-state index contributed by atoms with van der Waals surface area (Å²) in [6.45, 7) is 4.44. The Balaban J connectivity index is 2.25.